The summed E-state index contributed by atoms with van der Waals surface area (Å²) in [5.41, 5.74) is 3.09. The van der Waals surface area contributed by atoms with E-state index in [-0.39, 0.29) is 23.7 Å². The fourth-order valence-corrected chi connectivity index (χ4v) is 4.77. The molecule has 0 radical (unpaired) electrons. The summed E-state index contributed by atoms with van der Waals surface area (Å²) in [6.07, 6.45) is 1.66. The number of rotatable bonds is 4. The minimum absolute atomic E-state index is 0.0248. The average molecular weight is 474 g/mol. The second kappa shape index (κ2) is 9.25. The first-order valence-electron chi connectivity index (χ1n) is 11.5. The van der Waals surface area contributed by atoms with E-state index in [1.54, 1.807) is 11.1 Å². The molecule has 180 valence electrons. The minimum atomic E-state index is -4.76. The molecule has 0 aliphatic carbocycles. The van der Waals surface area contributed by atoms with Gasteiger partial charge in [0.15, 0.2) is 5.65 Å². The topological polar surface area (TPSA) is 80.3 Å². The van der Waals surface area contributed by atoms with Gasteiger partial charge in [0, 0.05) is 31.5 Å². The van der Waals surface area contributed by atoms with E-state index in [0.717, 1.165) is 67.7 Å². The molecule has 34 heavy (non-hydrogen) atoms. The number of imidazole rings is 1. The van der Waals surface area contributed by atoms with Crippen LogP contribution in [0.15, 0.2) is 36.5 Å². The second-order valence-electron chi connectivity index (χ2n) is 8.71. The molecule has 1 aromatic carbocycles. The number of aromatic amines is 1. The maximum Gasteiger partial charge on any atom is 0.573 e. The Morgan fingerprint density at radius 2 is 1.85 bits per heavy atom. The first-order chi connectivity index (χ1) is 16.4. The number of aromatic nitrogens is 3. The number of piperidine rings is 1. The van der Waals surface area contributed by atoms with Crippen molar-refractivity contribution in [3.05, 3.63) is 53.5 Å². The van der Waals surface area contributed by atoms with Gasteiger partial charge in [-0.15, -0.1) is 13.2 Å². The number of fused-ring (bicyclic) bond motifs is 1. The molecule has 2 aliphatic heterocycles. The zero-order valence-corrected chi connectivity index (χ0v) is 18.5. The molecule has 1 atom stereocenters. The Labute approximate surface area is 194 Å². The van der Waals surface area contributed by atoms with Gasteiger partial charge >= 0.3 is 6.36 Å². The number of nitrogens with zero attached hydrogens (tertiary/aromatic N) is 3. The summed E-state index contributed by atoms with van der Waals surface area (Å²) >= 11 is 0. The minimum Gasteiger partial charge on any atom is -0.406 e. The molecular weight excluding hydrogens is 449 g/mol. The van der Waals surface area contributed by atoms with E-state index >= 15 is 0 Å². The number of pyridine rings is 1. The van der Waals surface area contributed by atoms with Crippen molar-refractivity contribution in [3.63, 3.8) is 0 Å². The number of carbonyl (C=O) groups excluding carboxylic acids is 1. The van der Waals surface area contributed by atoms with Crippen molar-refractivity contribution in [1.29, 1.82) is 0 Å². The molecule has 4 heterocycles. The number of carbonyl (C=O) groups is 1. The zero-order chi connectivity index (χ0) is 23.7. The highest BCUT2D eigenvalue weighted by atomic mass is 19.4. The van der Waals surface area contributed by atoms with Gasteiger partial charge < -0.3 is 19.4 Å². The lowest BCUT2D eigenvalue weighted by molar-refractivity contribution is -0.274. The third kappa shape index (κ3) is 4.86. The van der Waals surface area contributed by atoms with E-state index in [4.69, 9.17) is 4.74 Å². The Bertz CT molecular complexity index is 1150. The molecular formula is C24H25F3N4O3. The molecule has 0 spiro atoms. The van der Waals surface area contributed by atoms with Gasteiger partial charge in [-0.3, -0.25) is 4.79 Å². The van der Waals surface area contributed by atoms with E-state index in [9.17, 15) is 18.0 Å². The lowest BCUT2D eigenvalue weighted by Gasteiger charge is -2.32. The summed E-state index contributed by atoms with van der Waals surface area (Å²) in [6.45, 7) is 1.86. The molecule has 7 nitrogen and oxygen atoms in total. The maximum absolute atomic E-state index is 12.9. The third-order valence-electron chi connectivity index (χ3n) is 6.48. The normalized spacial score (nSPS) is 20.0. The fourth-order valence-electron chi connectivity index (χ4n) is 4.77. The van der Waals surface area contributed by atoms with Crippen molar-refractivity contribution in [2.45, 2.75) is 50.5 Å². The van der Waals surface area contributed by atoms with E-state index < -0.39 is 6.36 Å². The van der Waals surface area contributed by atoms with Gasteiger partial charge in [-0.1, -0.05) is 0 Å². The molecule has 2 fully saturated rings. The Balaban J connectivity index is 1.25. The predicted octanol–water partition coefficient (Wildman–Crippen LogP) is 5.12. The van der Waals surface area contributed by atoms with Gasteiger partial charge in [0.05, 0.1) is 5.52 Å². The van der Waals surface area contributed by atoms with Crippen LogP contribution < -0.4 is 4.74 Å². The number of H-pyrrole nitrogens is 1. The fraction of sp³-hybridized carbons (Fsp3) is 0.458. The molecule has 10 heteroatoms. The molecule has 1 amide bonds. The van der Waals surface area contributed by atoms with Crippen LogP contribution in [-0.2, 0) is 4.74 Å². The second-order valence-corrected chi connectivity index (χ2v) is 8.71. The molecule has 0 unspecified atom stereocenters. The Kier molecular flexibility index (Phi) is 6.16. The first-order valence-corrected chi connectivity index (χ1v) is 11.5. The predicted molar refractivity (Wildman–Crippen MR) is 117 cm³/mol. The number of nitrogens with one attached hydrogen (secondary N) is 1. The van der Waals surface area contributed by atoms with E-state index in [2.05, 4.69) is 19.7 Å². The lowest BCUT2D eigenvalue weighted by atomic mass is 9.89. The Hall–Kier alpha value is -3.14. The van der Waals surface area contributed by atoms with Crippen molar-refractivity contribution < 1.29 is 27.4 Å². The molecule has 2 aromatic heterocycles. The third-order valence-corrected chi connectivity index (χ3v) is 6.48. The van der Waals surface area contributed by atoms with Gasteiger partial charge in [0.1, 0.15) is 17.7 Å². The summed E-state index contributed by atoms with van der Waals surface area (Å²) in [4.78, 5) is 27.1. The summed E-state index contributed by atoms with van der Waals surface area (Å²) in [7, 11) is 0. The number of likely N-dealkylation sites (tertiary alicyclic amines) is 1. The van der Waals surface area contributed by atoms with Gasteiger partial charge in [-0.25, -0.2) is 9.97 Å². The SMILES string of the molecule is O=C(c1ccc(OC(F)(F)F)cc1)N1CCC(c2ccnc3nc([C@@H]4CCCCO4)[nH]c23)CC1. The Morgan fingerprint density at radius 1 is 1.09 bits per heavy atom. The van der Waals surface area contributed by atoms with E-state index in [0.29, 0.717) is 24.3 Å². The molecule has 3 aromatic rings. The maximum atomic E-state index is 12.9. The number of hydrogen-bond donors (Lipinski definition) is 1. The van der Waals surface area contributed by atoms with Crippen LogP contribution in [0.4, 0.5) is 13.2 Å². The summed E-state index contributed by atoms with van der Waals surface area (Å²) in [6, 6.07) is 7.05. The molecule has 0 bridgehead atoms. The van der Waals surface area contributed by atoms with E-state index in [1.807, 2.05) is 6.07 Å². The van der Waals surface area contributed by atoms with Crippen LogP contribution >= 0.6 is 0 Å². The summed E-state index contributed by atoms with van der Waals surface area (Å²) in [5, 5.41) is 0. The highest BCUT2D eigenvalue weighted by Crippen LogP contribution is 2.34. The number of ether oxygens (including phenoxy) is 2. The van der Waals surface area contributed by atoms with Gasteiger partial charge in [-0.05, 0) is 73.9 Å². The molecule has 2 aliphatic rings. The van der Waals surface area contributed by atoms with Gasteiger partial charge in [-0.2, -0.15) is 0 Å². The van der Waals surface area contributed by atoms with Crippen LogP contribution in [0.2, 0.25) is 0 Å². The standard InChI is InChI=1S/C24H25F3N4O3/c25-24(26,27)34-17-6-4-16(5-7-17)23(32)31-12-9-15(10-13-31)18-8-11-28-22-20(18)29-21(30-22)19-3-1-2-14-33-19/h4-8,11,15,19H,1-3,9-10,12-14H2,(H,28,29,30)/t19-/m0/s1. The number of halogens is 3. The smallest absolute Gasteiger partial charge is 0.406 e. The van der Waals surface area contributed by atoms with Crippen LogP contribution in [0.5, 0.6) is 5.75 Å². The van der Waals surface area contributed by atoms with Gasteiger partial charge in [0.2, 0.25) is 0 Å². The largest absolute Gasteiger partial charge is 0.573 e. The van der Waals surface area contributed by atoms with E-state index in [1.165, 1.54) is 12.1 Å². The van der Waals surface area contributed by atoms with Crippen molar-refractivity contribution >= 4 is 17.1 Å². The van der Waals surface area contributed by atoms with Crippen LogP contribution in [0.3, 0.4) is 0 Å². The average Bonchev–Trinajstić information content (AvgIpc) is 3.28. The van der Waals surface area contributed by atoms with Crippen LogP contribution in [-0.4, -0.2) is 51.8 Å². The van der Waals surface area contributed by atoms with Crippen LogP contribution in [0.1, 0.15) is 65.9 Å². The van der Waals surface area contributed by atoms with Crippen molar-refractivity contribution in [3.8, 4) is 5.75 Å². The highest BCUT2D eigenvalue weighted by molar-refractivity contribution is 5.94. The molecule has 2 saturated heterocycles. The summed E-state index contributed by atoms with van der Waals surface area (Å²) in [5.74, 6) is 0.523. The molecule has 1 N–H and O–H groups in total. The number of hydrogen-bond acceptors (Lipinski definition) is 5. The quantitative estimate of drug-likeness (QED) is 0.568. The van der Waals surface area contributed by atoms with Crippen LogP contribution in [0, 0.1) is 0 Å². The van der Waals surface area contributed by atoms with Gasteiger partial charge in [0.25, 0.3) is 5.91 Å². The van der Waals surface area contributed by atoms with Crippen molar-refractivity contribution in [2.75, 3.05) is 19.7 Å². The lowest BCUT2D eigenvalue weighted by Crippen LogP contribution is -2.38. The van der Waals surface area contributed by atoms with Crippen molar-refractivity contribution in [2.24, 2.45) is 0 Å². The van der Waals surface area contributed by atoms with Crippen LogP contribution in [0.25, 0.3) is 11.2 Å². The molecule has 5 rings (SSSR count). The monoisotopic (exact) mass is 474 g/mol. The number of amides is 1. The first kappa shape index (κ1) is 22.6. The summed E-state index contributed by atoms with van der Waals surface area (Å²) < 4.78 is 46.8. The zero-order valence-electron chi connectivity index (χ0n) is 18.5. The Morgan fingerprint density at radius 3 is 2.53 bits per heavy atom. The molecule has 0 saturated carbocycles. The number of alkyl halides is 3. The number of benzene rings is 1. The highest BCUT2D eigenvalue weighted by Gasteiger charge is 2.31. The van der Waals surface area contributed by atoms with Crippen molar-refractivity contribution in [1.82, 2.24) is 19.9 Å².